The van der Waals surface area contributed by atoms with Crippen molar-refractivity contribution in [2.24, 2.45) is 23.7 Å². The molecular weight excluding hydrogens is 521 g/mol. The van der Waals surface area contributed by atoms with Gasteiger partial charge in [-0.05, 0) is 61.1 Å². The van der Waals surface area contributed by atoms with E-state index < -0.39 is 46.3 Å². The number of non-ortho nitro benzene ring substituents is 1. The van der Waals surface area contributed by atoms with E-state index in [0.717, 1.165) is 22.2 Å². The number of allylic oxidation sites excluding steroid dienone is 2. The largest absolute Gasteiger partial charge is 0.292 e. The summed E-state index contributed by atoms with van der Waals surface area (Å²) >= 11 is 12.0. The van der Waals surface area contributed by atoms with Crippen LogP contribution < -0.4 is 0 Å². The number of ketones is 1. The minimum Gasteiger partial charge on any atom is -0.292 e. The van der Waals surface area contributed by atoms with E-state index in [4.69, 9.17) is 23.2 Å². The van der Waals surface area contributed by atoms with Crippen LogP contribution in [0.2, 0.25) is 5.02 Å². The number of hydrogen-bond acceptors (Lipinski definition) is 6. The van der Waals surface area contributed by atoms with Crippen LogP contribution in [0.25, 0.3) is 0 Å². The first-order chi connectivity index (χ1) is 17.7. The van der Waals surface area contributed by atoms with Gasteiger partial charge in [0, 0.05) is 34.2 Å². The predicted octanol–water partition coefficient (Wildman–Crippen LogP) is 4.29. The Morgan fingerprint density at radius 1 is 0.973 bits per heavy atom. The molecule has 0 aromatic heterocycles. The van der Waals surface area contributed by atoms with Crippen LogP contribution in [-0.2, 0) is 9.59 Å². The van der Waals surface area contributed by atoms with Gasteiger partial charge in [-0.2, -0.15) is 5.01 Å². The van der Waals surface area contributed by atoms with Crippen molar-refractivity contribution in [1.29, 1.82) is 0 Å². The first kappa shape index (κ1) is 25.1. The number of fused-ring (bicyclic) bond motifs is 5. The molecule has 0 unspecified atom stereocenters. The van der Waals surface area contributed by atoms with Crippen LogP contribution in [0.1, 0.15) is 33.6 Å². The number of hydrogen-bond donors (Lipinski definition) is 0. The Morgan fingerprint density at radius 3 is 2.03 bits per heavy atom. The number of imide groups is 1. The SMILES string of the molecule is O=C(c1ccc(Cl)cc1)[C@H](CCCl)N(C(=O)c1ccc([N+](=O)[O-])cc1)N1C(=O)[C@@H]2[C@@H](C1=O)[C@H]1C=C[C@H]2C1. The smallest absolute Gasteiger partial charge is 0.273 e. The molecule has 5 rings (SSSR count). The zero-order valence-corrected chi connectivity index (χ0v) is 20.8. The molecule has 1 saturated carbocycles. The minimum absolute atomic E-state index is 0.0205. The predicted molar refractivity (Wildman–Crippen MR) is 134 cm³/mol. The third-order valence-electron chi connectivity index (χ3n) is 7.30. The normalized spacial score (nSPS) is 24.3. The lowest BCUT2D eigenvalue weighted by Gasteiger charge is -2.36. The lowest BCUT2D eigenvalue weighted by Crippen LogP contribution is -2.58. The van der Waals surface area contributed by atoms with Crippen molar-refractivity contribution in [1.82, 2.24) is 10.0 Å². The second-order valence-corrected chi connectivity index (χ2v) is 10.1. The van der Waals surface area contributed by atoms with Gasteiger partial charge in [0.15, 0.2) is 5.78 Å². The summed E-state index contributed by atoms with van der Waals surface area (Å²) in [7, 11) is 0. The highest BCUT2D eigenvalue weighted by atomic mass is 35.5. The monoisotopic (exact) mass is 541 g/mol. The number of nitro benzene ring substituents is 1. The second-order valence-electron chi connectivity index (χ2n) is 9.31. The van der Waals surface area contributed by atoms with Crippen LogP contribution in [0.5, 0.6) is 0 Å². The number of nitrogens with zero attached hydrogens (tertiary/aromatic N) is 3. The molecule has 2 aliphatic carbocycles. The minimum atomic E-state index is -1.28. The van der Waals surface area contributed by atoms with Crippen LogP contribution in [0, 0.1) is 33.8 Å². The maximum Gasteiger partial charge on any atom is 0.273 e. The Balaban J connectivity index is 1.58. The van der Waals surface area contributed by atoms with Gasteiger partial charge in [0.05, 0.1) is 16.8 Å². The maximum atomic E-state index is 13.9. The number of rotatable bonds is 8. The number of halogens is 2. The highest BCUT2D eigenvalue weighted by Gasteiger charge is 2.62. The summed E-state index contributed by atoms with van der Waals surface area (Å²) in [6.07, 6.45) is 4.52. The van der Waals surface area contributed by atoms with Crippen LogP contribution in [0.15, 0.2) is 60.7 Å². The highest BCUT2D eigenvalue weighted by Crippen LogP contribution is 2.53. The number of alkyl halides is 1. The summed E-state index contributed by atoms with van der Waals surface area (Å²) in [5, 5.41) is 13.2. The van der Waals surface area contributed by atoms with Gasteiger partial charge >= 0.3 is 0 Å². The summed E-state index contributed by atoms with van der Waals surface area (Å²) < 4.78 is 0. The summed E-state index contributed by atoms with van der Waals surface area (Å²) in [5.41, 5.74) is -0.0296. The molecule has 2 aromatic carbocycles. The Hall–Kier alpha value is -3.56. The Bertz CT molecular complexity index is 1300. The average molecular weight is 542 g/mol. The zero-order valence-electron chi connectivity index (χ0n) is 19.3. The molecular formula is C26H21Cl2N3O6. The summed E-state index contributed by atoms with van der Waals surface area (Å²) in [6, 6.07) is 9.51. The van der Waals surface area contributed by atoms with Crippen LogP contribution in [0.4, 0.5) is 5.69 Å². The number of carbonyl (C=O) groups excluding carboxylic acids is 4. The molecule has 1 aliphatic heterocycles. The molecule has 1 saturated heterocycles. The van der Waals surface area contributed by atoms with Gasteiger partial charge < -0.3 is 0 Å². The van der Waals surface area contributed by atoms with Crippen LogP contribution in [0.3, 0.4) is 0 Å². The number of nitro groups is 1. The van der Waals surface area contributed by atoms with E-state index in [1.807, 2.05) is 12.2 Å². The molecule has 3 aliphatic rings. The van der Waals surface area contributed by atoms with Crippen LogP contribution >= 0.6 is 23.2 Å². The molecule has 2 aromatic rings. The van der Waals surface area contributed by atoms with E-state index >= 15 is 0 Å². The molecule has 0 spiro atoms. The lowest BCUT2D eigenvalue weighted by atomic mass is 9.85. The van der Waals surface area contributed by atoms with Crippen molar-refractivity contribution in [2.45, 2.75) is 18.9 Å². The molecule has 5 atom stereocenters. The standard InChI is InChI=1S/C26H21Cl2N3O6/c27-12-11-20(23(32)14-3-7-18(28)8-4-14)29(24(33)15-5-9-19(10-6-15)31(36)37)30-25(34)21-16-1-2-17(13-16)22(21)26(30)35/h1-10,16-17,20-22H,11-13H2/t16-,17-,20-,21-,22-/m0/s1. The maximum absolute atomic E-state index is 13.9. The van der Waals surface area contributed by atoms with Crippen molar-refractivity contribution in [3.05, 3.63) is 86.9 Å². The second kappa shape index (κ2) is 9.72. The molecule has 2 fully saturated rings. The lowest BCUT2D eigenvalue weighted by molar-refractivity contribution is -0.384. The number of hydrazine groups is 1. The third-order valence-corrected chi connectivity index (χ3v) is 7.78. The fourth-order valence-electron chi connectivity index (χ4n) is 5.60. The van der Waals surface area contributed by atoms with Gasteiger partial charge in [-0.25, -0.2) is 5.01 Å². The van der Waals surface area contributed by atoms with Gasteiger partial charge in [-0.15, -0.1) is 11.6 Å². The van der Waals surface area contributed by atoms with Crippen molar-refractivity contribution in [3.8, 4) is 0 Å². The van der Waals surface area contributed by atoms with Crippen molar-refractivity contribution in [2.75, 3.05) is 5.88 Å². The average Bonchev–Trinajstić information content (AvgIpc) is 3.58. The molecule has 190 valence electrons. The molecule has 9 nitrogen and oxygen atoms in total. The van der Waals surface area contributed by atoms with Gasteiger partial charge in [0.1, 0.15) is 6.04 Å². The highest BCUT2D eigenvalue weighted by molar-refractivity contribution is 6.30. The van der Waals surface area contributed by atoms with E-state index in [1.165, 1.54) is 36.4 Å². The van der Waals surface area contributed by atoms with Gasteiger partial charge in [0.2, 0.25) is 0 Å². The molecule has 37 heavy (non-hydrogen) atoms. The number of Topliss-reactive ketones (excluding diaryl/α,β-unsaturated/α-hetero) is 1. The van der Waals surface area contributed by atoms with Gasteiger partial charge in [-0.3, -0.25) is 29.3 Å². The summed E-state index contributed by atoms with van der Waals surface area (Å²) in [6.45, 7) is 0. The summed E-state index contributed by atoms with van der Waals surface area (Å²) in [4.78, 5) is 65.3. The topological polar surface area (TPSA) is 118 Å². The van der Waals surface area contributed by atoms with Gasteiger partial charge in [0.25, 0.3) is 23.4 Å². The van der Waals surface area contributed by atoms with Crippen molar-refractivity contribution >= 4 is 52.4 Å². The fourth-order valence-corrected chi connectivity index (χ4v) is 5.94. The molecule has 11 heteroatoms. The summed E-state index contributed by atoms with van der Waals surface area (Å²) in [5.74, 6) is -3.85. The molecule has 3 amide bonds. The number of amides is 3. The van der Waals surface area contributed by atoms with E-state index in [9.17, 15) is 29.3 Å². The molecule has 0 N–H and O–H groups in total. The zero-order chi connectivity index (χ0) is 26.4. The van der Waals surface area contributed by atoms with Crippen molar-refractivity contribution in [3.63, 3.8) is 0 Å². The van der Waals surface area contributed by atoms with Crippen LogP contribution in [-0.4, -0.2) is 50.4 Å². The number of carbonyl (C=O) groups is 4. The first-order valence-corrected chi connectivity index (χ1v) is 12.6. The van der Waals surface area contributed by atoms with E-state index in [2.05, 4.69) is 0 Å². The van der Waals surface area contributed by atoms with E-state index in [0.29, 0.717) is 11.4 Å². The van der Waals surface area contributed by atoms with E-state index in [-0.39, 0.29) is 41.0 Å². The van der Waals surface area contributed by atoms with Crippen molar-refractivity contribution < 1.29 is 24.1 Å². The molecule has 0 radical (unpaired) electrons. The number of benzene rings is 2. The molecule has 1 heterocycles. The quantitative estimate of drug-likeness (QED) is 0.123. The van der Waals surface area contributed by atoms with E-state index in [1.54, 1.807) is 0 Å². The van der Waals surface area contributed by atoms with Gasteiger partial charge in [-0.1, -0.05) is 23.8 Å². The Kier molecular flexibility index (Phi) is 6.59. The first-order valence-electron chi connectivity index (χ1n) is 11.7. The molecule has 2 bridgehead atoms. The Labute approximate surface area is 221 Å². The fraction of sp³-hybridized carbons (Fsp3) is 0.308. The third kappa shape index (κ3) is 4.22. The Morgan fingerprint density at radius 2 is 1.51 bits per heavy atom.